The van der Waals surface area contributed by atoms with Crippen LogP contribution in [0.3, 0.4) is 0 Å². The van der Waals surface area contributed by atoms with Gasteiger partial charge in [0.1, 0.15) is 11.6 Å². The second kappa shape index (κ2) is 10.5. The molecule has 144 valence electrons. The van der Waals surface area contributed by atoms with Gasteiger partial charge in [0.15, 0.2) is 0 Å². The third kappa shape index (κ3) is 6.61. The van der Waals surface area contributed by atoms with Crippen molar-refractivity contribution in [3.63, 3.8) is 0 Å². The van der Waals surface area contributed by atoms with Gasteiger partial charge in [-0.1, -0.05) is 25.5 Å². The Kier molecular flexibility index (Phi) is 7.79. The molecular weight excluding hydrogens is 352 g/mol. The molecule has 0 fully saturated rings. The molecule has 0 saturated heterocycles. The lowest BCUT2D eigenvalue weighted by atomic mass is 10.1. The number of carbonyl (C=O) groups excluding carboxylic acids is 2. The van der Waals surface area contributed by atoms with Gasteiger partial charge < -0.3 is 16.0 Å². The number of carbonyl (C=O) groups is 2. The number of nitrogens with one attached hydrogen (secondary N) is 3. The smallest absolute Gasteiger partial charge is 0.267 e. The standard InChI is InChI=1S/C22H24N4O2/c1-3-4-5-17-6-8-21(9-7-17)26-22(28)18(14-23)15-24-19-10-12-20(13-11-19)25-16(2)27/h6-13,15,24H,3-5H2,1-2H3,(H,25,27)(H,26,28)/b18-15-. The number of hydrogen-bond acceptors (Lipinski definition) is 4. The molecule has 2 aromatic carbocycles. The van der Waals surface area contributed by atoms with Crippen LogP contribution < -0.4 is 16.0 Å². The molecule has 0 aliphatic heterocycles. The van der Waals surface area contributed by atoms with Crippen LogP contribution in [0.4, 0.5) is 17.1 Å². The maximum atomic E-state index is 12.3. The Balaban J connectivity index is 1.96. The molecule has 0 unspecified atom stereocenters. The maximum absolute atomic E-state index is 12.3. The van der Waals surface area contributed by atoms with E-state index in [2.05, 4.69) is 22.9 Å². The maximum Gasteiger partial charge on any atom is 0.267 e. The summed E-state index contributed by atoms with van der Waals surface area (Å²) >= 11 is 0. The van der Waals surface area contributed by atoms with Gasteiger partial charge in [-0.05, 0) is 54.8 Å². The molecule has 0 heterocycles. The van der Waals surface area contributed by atoms with Crippen LogP contribution in [0.5, 0.6) is 0 Å². The number of unbranched alkanes of at least 4 members (excludes halogenated alkanes) is 1. The number of benzene rings is 2. The van der Waals surface area contributed by atoms with Crippen LogP contribution >= 0.6 is 0 Å². The summed E-state index contributed by atoms with van der Waals surface area (Å²) in [5, 5.41) is 17.6. The molecular formula is C22H24N4O2. The molecule has 2 rings (SSSR count). The normalized spacial score (nSPS) is 10.7. The second-order valence-corrected chi connectivity index (χ2v) is 6.33. The van der Waals surface area contributed by atoms with Crippen LogP contribution in [0.2, 0.25) is 0 Å². The summed E-state index contributed by atoms with van der Waals surface area (Å²) in [6, 6.07) is 16.5. The minimum atomic E-state index is -0.480. The predicted molar refractivity (Wildman–Crippen MR) is 112 cm³/mol. The van der Waals surface area contributed by atoms with E-state index in [1.54, 1.807) is 24.3 Å². The molecule has 3 N–H and O–H groups in total. The number of anilines is 3. The largest absolute Gasteiger partial charge is 0.360 e. The number of nitrogens with zero attached hydrogens (tertiary/aromatic N) is 1. The van der Waals surface area contributed by atoms with Crippen molar-refractivity contribution in [3.05, 3.63) is 65.9 Å². The highest BCUT2D eigenvalue weighted by molar-refractivity contribution is 6.06. The molecule has 0 saturated carbocycles. The highest BCUT2D eigenvalue weighted by Gasteiger charge is 2.09. The van der Waals surface area contributed by atoms with E-state index >= 15 is 0 Å². The van der Waals surface area contributed by atoms with E-state index < -0.39 is 5.91 Å². The summed E-state index contributed by atoms with van der Waals surface area (Å²) in [6.45, 7) is 3.58. The number of amides is 2. The van der Waals surface area contributed by atoms with Gasteiger partial charge in [0, 0.05) is 30.2 Å². The van der Waals surface area contributed by atoms with E-state index in [-0.39, 0.29) is 11.5 Å². The Morgan fingerprint density at radius 3 is 2.11 bits per heavy atom. The molecule has 0 bridgehead atoms. The lowest BCUT2D eigenvalue weighted by Gasteiger charge is -2.07. The summed E-state index contributed by atoms with van der Waals surface area (Å²) in [5.74, 6) is -0.631. The Hall–Kier alpha value is -3.59. The highest BCUT2D eigenvalue weighted by Crippen LogP contribution is 2.15. The number of rotatable bonds is 8. The van der Waals surface area contributed by atoms with Crippen molar-refractivity contribution >= 4 is 28.9 Å². The lowest BCUT2D eigenvalue weighted by molar-refractivity contribution is -0.114. The van der Waals surface area contributed by atoms with Gasteiger partial charge in [-0.25, -0.2) is 0 Å². The zero-order valence-corrected chi connectivity index (χ0v) is 16.1. The van der Waals surface area contributed by atoms with Gasteiger partial charge >= 0.3 is 0 Å². The van der Waals surface area contributed by atoms with E-state index in [1.807, 2.05) is 30.3 Å². The summed E-state index contributed by atoms with van der Waals surface area (Å²) in [7, 11) is 0. The van der Waals surface area contributed by atoms with E-state index in [1.165, 1.54) is 18.7 Å². The fraction of sp³-hybridized carbons (Fsp3) is 0.227. The minimum absolute atomic E-state index is 0.0407. The van der Waals surface area contributed by atoms with Crippen LogP contribution in [0, 0.1) is 11.3 Å². The number of nitriles is 1. The van der Waals surface area contributed by atoms with Crippen molar-refractivity contribution in [2.24, 2.45) is 0 Å². The average Bonchev–Trinajstić information content (AvgIpc) is 2.69. The van der Waals surface area contributed by atoms with Crippen LogP contribution in [0.15, 0.2) is 60.3 Å². The number of aryl methyl sites for hydroxylation is 1. The monoisotopic (exact) mass is 376 g/mol. The molecule has 28 heavy (non-hydrogen) atoms. The molecule has 0 atom stereocenters. The molecule has 2 amide bonds. The first-order valence-electron chi connectivity index (χ1n) is 9.16. The number of hydrogen-bond donors (Lipinski definition) is 3. The van der Waals surface area contributed by atoms with Gasteiger partial charge in [-0.15, -0.1) is 0 Å². The van der Waals surface area contributed by atoms with Crippen molar-refractivity contribution in [2.45, 2.75) is 33.1 Å². The summed E-state index contributed by atoms with van der Waals surface area (Å²) < 4.78 is 0. The Labute approximate surface area is 165 Å². The van der Waals surface area contributed by atoms with Crippen LogP contribution in [0.1, 0.15) is 32.3 Å². The fourth-order valence-electron chi connectivity index (χ4n) is 2.49. The van der Waals surface area contributed by atoms with Crippen LogP contribution in [0.25, 0.3) is 0 Å². The van der Waals surface area contributed by atoms with Crippen molar-refractivity contribution in [1.29, 1.82) is 5.26 Å². The predicted octanol–water partition coefficient (Wildman–Crippen LogP) is 4.45. The van der Waals surface area contributed by atoms with Crippen molar-refractivity contribution in [1.82, 2.24) is 0 Å². The lowest BCUT2D eigenvalue weighted by Crippen LogP contribution is -2.14. The van der Waals surface area contributed by atoms with Gasteiger partial charge in [0.05, 0.1) is 0 Å². The van der Waals surface area contributed by atoms with Crippen LogP contribution in [-0.2, 0) is 16.0 Å². The molecule has 0 aliphatic rings. The second-order valence-electron chi connectivity index (χ2n) is 6.33. The molecule has 6 nitrogen and oxygen atoms in total. The SMILES string of the molecule is CCCCc1ccc(NC(=O)/C(C#N)=C\Nc2ccc(NC(C)=O)cc2)cc1. The Morgan fingerprint density at radius 1 is 0.964 bits per heavy atom. The molecule has 0 radical (unpaired) electrons. The van der Waals surface area contributed by atoms with Gasteiger partial charge in [0.25, 0.3) is 5.91 Å². The third-order valence-corrected chi connectivity index (χ3v) is 3.98. The van der Waals surface area contributed by atoms with E-state index in [4.69, 9.17) is 0 Å². The van der Waals surface area contributed by atoms with E-state index in [0.717, 1.165) is 19.3 Å². The van der Waals surface area contributed by atoms with Crippen molar-refractivity contribution in [3.8, 4) is 6.07 Å². The van der Waals surface area contributed by atoms with Gasteiger partial charge in [-0.2, -0.15) is 5.26 Å². The first kappa shape index (κ1) is 20.7. The van der Waals surface area contributed by atoms with E-state index in [0.29, 0.717) is 17.1 Å². The Bertz CT molecular complexity index is 878. The molecule has 0 spiro atoms. The first-order chi connectivity index (χ1) is 13.5. The zero-order chi connectivity index (χ0) is 20.4. The summed E-state index contributed by atoms with van der Waals surface area (Å²) in [6.07, 6.45) is 4.64. The summed E-state index contributed by atoms with van der Waals surface area (Å²) in [4.78, 5) is 23.3. The van der Waals surface area contributed by atoms with Crippen molar-refractivity contribution < 1.29 is 9.59 Å². The Morgan fingerprint density at radius 2 is 1.54 bits per heavy atom. The average molecular weight is 376 g/mol. The molecule has 6 heteroatoms. The molecule has 0 aromatic heterocycles. The van der Waals surface area contributed by atoms with Gasteiger partial charge in [0.2, 0.25) is 5.91 Å². The van der Waals surface area contributed by atoms with E-state index in [9.17, 15) is 14.9 Å². The topological polar surface area (TPSA) is 94.0 Å². The molecule has 2 aromatic rings. The van der Waals surface area contributed by atoms with Crippen LogP contribution in [-0.4, -0.2) is 11.8 Å². The zero-order valence-electron chi connectivity index (χ0n) is 16.1. The third-order valence-electron chi connectivity index (χ3n) is 3.98. The first-order valence-corrected chi connectivity index (χ1v) is 9.16. The minimum Gasteiger partial charge on any atom is -0.360 e. The van der Waals surface area contributed by atoms with Gasteiger partial charge in [-0.3, -0.25) is 9.59 Å². The fourth-order valence-corrected chi connectivity index (χ4v) is 2.49. The summed E-state index contributed by atoms with van der Waals surface area (Å²) in [5.41, 5.74) is 3.19. The molecule has 0 aliphatic carbocycles. The van der Waals surface area contributed by atoms with Crippen molar-refractivity contribution in [2.75, 3.05) is 16.0 Å². The quantitative estimate of drug-likeness (QED) is 0.469. The highest BCUT2D eigenvalue weighted by atomic mass is 16.2.